The van der Waals surface area contributed by atoms with Gasteiger partial charge >= 0.3 is 0 Å². The molecule has 2 nitrogen and oxygen atoms in total. The van der Waals surface area contributed by atoms with Crippen molar-refractivity contribution in [1.82, 2.24) is 4.98 Å². The molecule has 0 aliphatic rings. The van der Waals surface area contributed by atoms with E-state index in [-0.39, 0.29) is 0 Å². The Labute approximate surface area is 95.1 Å². The van der Waals surface area contributed by atoms with Crippen molar-refractivity contribution in [2.24, 2.45) is 0 Å². The minimum Gasteiger partial charge on any atom is -0.340 e. The van der Waals surface area contributed by atoms with Crippen molar-refractivity contribution in [3.05, 3.63) is 39.1 Å². The molecule has 0 bridgehead atoms. The van der Waals surface area contributed by atoms with Crippen LogP contribution in [-0.4, -0.2) is 4.98 Å². The van der Waals surface area contributed by atoms with Crippen molar-refractivity contribution in [3.63, 3.8) is 0 Å². The first-order valence-electron chi connectivity index (χ1n) is 4.17. The predicted molar refractivity (Wildman–Crippen MR) is 64.3 cm³/mol. The lowest BCUT2D eigenvalue weighted by atomic mass is 10.3. The number of aromatic nitrogens is 1. The molecule has 0 saturated heterocycles. The molecule has 0 spiro atoms. The number of rotatable bonds is 2. The van der Waals surface area contributed by atoms with E-state index in [9.17, 15) is 0 Å². The molecule has 4 heteroatoms. The summed E-state index contributed by atoms with van der Waals surface area (Å²) >= 11 is 5.09. The van der Waals surface area contributed by atoms with Crippen LogP contribution in [0.2, 0.25) is 0 Å². The molecular weight excluding hydrogens is 260 g/mol. The first-order chi connectivity index (χ1) is 6.75. The molecule has 14 heavy (non-hydrogen) atoms. The Morgan fingerprint density at radius 1 is 1.50 bits per heavy atom. The summed E-state index contributed by atoms with van der Waals surface area (Å²) in [6, 6.07) is 4.05. The topological polar surface area (TPSA) is 24.9 Å². The molecule has 0 radical (unpaired) electrons. The summed E-state index contributed by atoms with van der Waals surface area (Å²) < 4.78 is 1.04. The van der Waals surface area contributed by atoms with Gasteiger partial charge in [0, 0.05) is 16.0 Å². The van der Waals surface area contributed by atoms with E-state index in [4.69, 9.17) is 0 Å². The Balaban J connectivity index is 2.22. The van der Waals surface area contributed by atoms with Gasteiger partial charge < -0.3 is 5.32 Å². The molecule has 2 heterocycles. The Morgan fingerprint density at radius 2 is 2.36 bits per heavy atom. The first kappa shape index (κ1) is 9.68. The van der Waals surface area contributed by atoms with Gasteiger partial charge in [0.15, 0.2) is 0 Å². The summed E-state index contributed by atoms with van der Waals surface area (Å²) in [5.41, 5.74) is 2.27. The SMILES string of the molecule is Cc1cc(Nc2ccsc2)ncc1Br. The molecule has 0 atom stereocenters. The van der Waals surface area contributed by atoms with Gasteiger partial charge in [-0.1, -0.05) is 0 Å². The van der Waals surface area contributed by atoms with E-state index in [0.29, 0.717) is 0 Å². The second kappa shape index (κ2) is 4.11. The number of pyridine rings is 1. The fourth-order valence-electron chi connectivity index (χ4n) is 1.09. The Kier molecular flexibility index (Phi) is 2.84. The molecule has 0 aliphatic heterocycles. The molecule has 2 rings (SSSR count). The van der Waals surface area contributed by atoms with E-state index < -0.39 is 0 Å². The molecule has 1 N–H and O–H groups in total. The number of aryl methyl sites for hydroxylation is 1. The van der Waals surface area contributed by atoms with Crippen molar-refractivity contribution in [2.45, 2.75) is 6.92 Å². The molecule has 0 saturated carbocycles. The molecule has 72 valence electrons. The first-order valence-corrected chi connectivity index (χ1v) is 5.90. The molecule has 2 aromatic rings. The summed E-state index contributed by atoms with van der Waals surface area (Å²) in [5, 5.41) is 7.32. The number of hydrogen-bond acceptors (Lipinski definition) is 3. The van der Waals surface area contributed by atoms with Crippen LogP contribution in [0.3, 0.4) is 0 Å². The van der Waals surface area contributed by atoms with Gasteiger partial charge in [0.25, 0.3) is 0 Å². The van der Waals surface area contributed by atoms with E-state index in [1.807, 2.05) is 30.6 Å². The standard InChI is InChI=1S/C10H9BrN2S/c1-7-4-10(12-5-9(7)11)13-8-2-3-14-6-8/h2-6H,1H3,(H,12,13). The van der Waals surface area contributed by atoms with Gasteiger partial charge in [0.05, 0.1) is 5.69 Å². The fourth-order valence-corrected chi connectivity index (χ4v) is 1.90. The zero-order valence-corrected chi connectivity index (χ0v) is 10.0. The molecular formula is C10H9BrN2S. The van der Waals surface area contributed by atoms with Crippen LogP contribution in [0.1, 0.15) is 5.56 Å². The van der Waals surface area contributed by atoms with Crippen LogP contribution in [0.15, 0.2) is 33.6 Å². The van der Waals surface area contributed by atoms with Crippen molar-refractivity contribution in [2.75, 3.05) is 5.32 Å². The second-order valence-corrected chi connectivity index (χ2v) is 4.59. The van der Waals surface area contributed by atoms with Crippen LogP contribution in [0.5, 0.6) is 0 Å². The van der Waals surface area contributed by atoms with Crippen molar-refractivity contribution >= 4 is 38.8 Å². The minimum absolute atomic E-state index is 0.879. The summed E-state index contributed by atoms with van der Waals surface area (Å²) in [6.07, 6.45) is 1.81. The highest BCUT2D eigenvalue weighted by Crippen LogP contribution is 2.21. The lowest BCUT2D eigenvalue weighted by Crippen LogP contribution is -1.92. The summed E-state index contributed by atoms with van der Waals surface area (Å²) in [5.74, 6) is 0.879. The molecule has 0 fully saturated rings. The number of anilines is 2. The number of nitrogens with one attached hydrogen (secondary N) is 1. The van der Waals surface area contributed by atoms with Gasteiger partial charge in [-0.05, 0) is 45.9 Å². The van der Waals surface area contributed by atoms with Crippen molar-refractivity contribution in [3.8, 4) is 0 Å². The van der Waals surface area contributed by atoms with Gasteiger partial charge in [0.2, 0.25) is 0 Å². The van der Waals surface area contributed by atoms with E-state index in [1.54, 1.807) is 11.3 Å². The highest BCUT2D eigenvalue weighted by atomic mass is 79.9. The number of thiophene rings is 1. The largest absolute Gasteiger partial charge is 0.340 e. The van der Waals surface area contributed by atoms with Crippen LogP contribution in [0.25, 0.3) is 0 Å². The van der Waals surface area contributed by atoms with E-state index >= 15 is 0 Å². The maximum atomic E-state index is 4.26. The van der Waals surface area contributed by atoms with Crippen LogP contribution >= 0.6 is 27.3 Å². The normalized spacial score (nSPS) is 10.1. The summed E-state index contributed by atoms with van der Waals surface area (Å²) in [6.45, 7) is 2.05. The smallest absolute Gasteiger partial charge is 0.130 e. The van der Waals surface area contributed by atoms with Gasteiger partial charge in [0.1, 0.15) is 5.82 Å². The van der Waals surface area contributed by atoms with E-state index in [2.05, 4.69) is 31.6 Å². The fraction of sp³-hybridized carbons (Fsp3) is 0.100. The van der Waals surface area contributed by atoms with Crippen LogP contribution < -0.4 is 5.32 Å². The zero-order chi connectivity index (χ0) is 9.97. The third-order valence-corrected chi connectivity index (χ3v) is 3.35. The lowest BCUT2D eigenvalue weighted by Gasteiger charge is -2.04. The summed E-state index contributed by atoms with van der Waals surface area (Å²) in [7, 11) is 0. The quantitative estimate of drug-likeness (QED) is 0.892. The van der Waals surface area contributed by atoms with E-state index in [1.165, 1.54) is 5.56 Å². The lowest BCUT2D eigenvalue weighted by molar-refractivity contribution is 1.25. The van der Waals surface area contributed by atoms with Gasteiger partial charge in [-0.25, -0.2) is 4.98 Å². The number of hydrogen-bond donors (Lipinski definition) is 1. The maximum absolute atomic E-state index is 4.26. The monoisotopic (exact) mass is 268 g/mol. The molecule has 0 aromatic carbocycles. The molecule has 0 unspecified atom stereocenters. The maximum Gasteiger partial charge on any atom is 0.130 e. The third kappa shape index (κ3) is 2.13. The van der Waals surface area contributed by atoms with Crippen molar-refractivity contribution < 1.29 is 0 Å². The molecule has 0 aliphatic carbocycles. The highest BCUT2D eigenvalue weighted by Gasteiger charge is 1.99. The zero-order valence-electron chi connectivity index (χ0n) is 7.62. The van der Waals surface area contributed by atoms with Crippen LogP contribution in [-0.2, 0) is 0 Å². The second-order valence-electron chi connectivity index (χ2n) is 2.96. The van der Waals surface area contributed by atoms with Crippen LogP contribution in [0, 0.1) is 6.92 Å². The Bertz CT molecular complexity index is 426. The number of nitrogens with zero attached hydrogens (tertiary/aromatic N) is 1. The van der Waals surface area contributed by atoms with Crippen LogP contribution in [0.4, 0.5) is 11.5 Å². The van der Waals surface area contributed by atoms with Gasteiger partial charge in [-0.2, -0.15) is 11.3 Å². The average Bonchev–Trinajstić information content (AvgIpc) is 2.64. The van der Waals surface area contributed by atoms with Gasteiger partial charge in [-0.15, -0.1) is 0 Å². The highest BCUT2D eigenvalue weighted by molar-refractivity contribution is 9.10. The van der Waals surface area contributed by atoms with Gasteiger partial charge in [-0.3, -0.25) is 0 Å². The van der Waals surface area contributed by atoms with E-state index in [0.717, 1.165) is 16.0 Å². The minimum atomic E-state index is 0.879. The molecule has 0 amide bonds. The third-order valence-electron chi connectivity index (χ3n) is 1.84. The average molecular weight is 269 g/mol. The Morgan fingerprint density at radius 3 is 3.00 bits per heavy atom. The number of halogens is 1. The predicted octanol–water partition coefficient (Wildman–Crippen LogP) is 3.96. The summed E-state index contributed by atoms with van der Waals surface area (Å²) in [4.78, 5) is 4.26. The Hall–Kier alpha value is -0.870. The molecule has 2 aromatic heterocycles. The van der Waals surface area contributed by atoms with Crippen molar-refractivity contribution in [1.29, 1.82) is 0 Å².